The van der Waals surface area contributed by atoms with Gasteiger partial charge in [-0.15, -0.1) is 0 Å². The largest absolute Gasteiger partial charge is 0.449 e. The summed E-state index contributed by atoms with van der Waals surface area (Å²) in [6.07, 6.45) is 0.363. The number of carbonyl (C=O) groups excluding carboxylic acids is 1. The fraction of sp³-hybridized carbons (Fsp3) is 0.222. The lowest BCUT2D eigenvalue weighted by atomic mass is 10.2. The average molecular weight is 291 g/mol. The Balaban J connectivity index is 2.24. The zero-order valence-corrected chi connectivity index (χ0v) is 9.15. The molecule has 0 atom stereocenters. The number of carbonyl (C=O) groups is 1. The van der Waals surface area contributed by atoms with Crippen LogP contribution in [0.2, 0.25) is 0 Å². The molecule has 0 bridgehead atoms. The van der Waals surface area contributed by atoms with Crippen LogP contribution in [0.1, 0.15) is 5.56 Å². The van der Waals surface area contributed by atoms with E-state index >= 15 is 0 Å². The molecule has 13 heavy (non-hydrogen) atoms. The minimum absolute atomic E-state index is 0.392. The average Bonchev–Trinajstić information content (AvgIpc) is 2.19. The number of rotatable bonds is 3. The normalized spacial score (nSPS) is 9.31. The summed E-state index contributed by atoms with van der Waals surface area (Å²) in [6.45, 7) is 0.416. The van der Waals surface area contributed by atoms with Crippen molar-refractivity contribution in [3.63, 3.8) is 0 Å². The molecule has 1 N–H and O–H groups in total. The minimum Gasteiger partial charge on any atom is -0.449 e. The van der Waals surface area contributed by atoms with Crippen LogP contribution in [0.25, 0.3) is 0 Å². The molecule has 3 nitrogen and oxygen atoms in total. The summed E-state index contributed by atoms with van der Waals surface area (Å²) in [7, 11) is 0. The van der Waals surface area contributed by atoms with Crippen molar-refractivity contribution >= 4 is 29.0 Å². The van der Waals surface area contributed by atoms with Crippen molar-refractivity contribution in [3.8, 4) is 0 Å². The van der Waals surface area contributed by atoms with Gasteiger partial charge >= 0.3 is 6.09 Å². The third-order valence-electron chi connectivity index (χ3n) is 1.54. The Bertz CT molecular complexity index is 264. The van der Waals surface area contributed by atoms with Crippen LogP contribution in [-0.4, -0.2) is 12.7 Å². The van der Waals surface area contributed by atoms with E-state index in [0.717, 1.165) is 6.42 Å². The first kappa shape index (κ1) is 10.3. The molecular weight excluding hydrogens is 281 g/mol. The Morgan fingerprint density at radius 1 is 1.38 bits per heavy atom. The Kier molecular flexibility index (Phi) is 4.59. The highest BCUT2D eigenvalue weighted by Gasteiger charge is 1.97. The smallest absolute Gasteiger partial charge is 0.415 e. The summed E-state index contributed by atoms with van der Waals surface area (Å²) >= 11 is 1.74. The molecule has 1 amide bonds. The van der Waals surface area contributed by atoms with E-state index in [-0.39, 0.29) is 0 Å². The molecule has 0 fully saturated rings. The van der Waals surface area contributed by atoms with E-state index in [2.05, 4.69) is 3.53 Å². The van der Waals surface area contributed by atoms with E-state index in [1.165, 1.54) is 5.56 Å². The quantitative estimate of drug-likeness (QED) is 0.685. The number of benzene rings is 1. The zero-order valence-electron chi connectivity index (χ0n) is 7.00. The Morgan fingerprint density at radius 3 is 2.69 bits per heavy atom. The van der Waals surface area contributed by atoms with Crippen LogP contribution in [0, 0.1) is 0 Å². The predicted octanol–water partition coefficient (Wildman–Crippen LogP) is 2.31. The van der Waals surface area contributed by atoms with Crippen LogP contribution in [0.4, 0.5) is 4.79 Å². The van der Waals surface area contributed by atoms with Gasteiger partial charge in [-0.1, -0.05) is 30.3 Å². The fourth-order valence-electron chi connectivity index (χ4n) is 0.934. The van der Waals surface area contributed by atoms with Crippen LogP contribution in [0.15, 0.2) is 30.3 Å². The molecule has 0 aliphatic carbocycles. The summed E-state index contributed by atoms with van der Waals surface area (Å²) in [4.78, 5) is 10.7. The number of amides is 1. The van der Waals surface area contributed by atoms with Crippen molar-refractivity contribution in [2.75, 3.05) is 6.61 Å². The lowest BCUT2D eigenvalue weighted by Crippen LogP contribution is -2.15. The fourth-order valence-corrected chi connectivity index (χ4v) is 1.09. The van der Waals surface area contributed by atoms with E-state index in [4.69, 9.17) is 4.74 Å². The summed E-state index contributed by atoms with van der Waals surface area (Å²) < 4.78 is 7.20. The molecule has 1 rings (SSSR count). The van der Waals surface area contributed by atoms with Crippen molar-refractivity contribution in [1.29, 1.82) is 0 Å². The second kappa shape index (κ2) is 5.80. The standard InChI is InChI=1S/C9H10INO2/c10-11-9(12)13-7-6-8-4-2-1-3-5-8/h1-5H,6-7H2,(H,11,12). The molecule has 1 aromatic rings. The van der Waals surface area contributed by atoms with Crippen LogP contribution < -0.4 is 3.53 Å². The van der Waals surface area contributed by atoms with Gasteiger partial charge in [-0.3, -0.25) is 3.53 Å². The van der Waals surface area contributed by atoms with Crippen molar-refractivity contribution in [2.45, 2.75) is 6.42 Å². The van der Waals surface area contributed by atoms with Gasteiger partial charge in [0.25, 0.3) is 0 Å². The van der Waals surface area contributed by atoms with Crippen molar-refractivity contribution in [1.82, 2.24) is 3.53 Å². The number of halogens is 1. The molecule has 0 radical (unpaired) electrons. The van der Waals surface area contributed by atoms with Gasteiger partial charge in [0.1, 0.15) is 0 Å². The van der Waals surface area contributed by atoms with Crippen molar-refractivity contribution in [2.24, 2.45) is 0 Å². The monoisotopic (exact) mass is 291 g/mol. The van der Waals surface area contributed by atoms with E-state index in [1.807, 2.05) is 30.3 Å². The van der Waals surface area contributed by atoms with Crippen molar-refractivity contribution in [3.05, 3.63) is 35.9 Å². The van der Waals surface area contributed by atoms with Gasteiger partial charge in [0.2, 0.25) is 0 Å². The summed E-state index contributed by atoms with van der Waals surface area (Å²) in [5.74, 6) is 0. The van der Waals surface area contributed by atoms with E-state index in [9.17, 15) is 4.79 Å². The Hall–Kier alpha value is -0.780. The molecular formula is C9H10INO2. The van der Waals surface area contributed by atoms with Gasteiger partial charge < -0.3 is 4.74 Å². The number of nitrogens with one attached hydrogen (secondary N) is 1. The van der Waals surface area contributed by atoms with Crippen LogP contribution in [0.3, 0.4) is 0 Å². The Labute approximate surface area is 91.0 Å². The number of hydrogen-bond acceptors (Lipinski definition) is 2. The molecule has 0 saturated heterocycles. The maximum atomic E-state index is 10.7. The molecule has 0 heterocycles. The first-order chi connectivity index (χ1) is 6.33. The second-order valence-corrected chi connectivity index (χ2v) is 3.01. The molecule has 0 aliphatic heterocycles. The SMILES string of the molecule is O=C(NI)OCCc1ccccc1. The number of ether oxygens (including phenoxy) is 1. The highest BCUT2D eigenvalue weighted by Crippen LogP contribution is 1.99. The van der Waals surface area contributed by atoms with Gasteiger partial charge in [-0.25, -0.2) is 4.79 Å². The maximum absolute atomic E-state index is 10.7. The molecule has 0 unspecified atom stereocenters. The van der Waals surface area contributed by atoms with Gasteiger partial charge in [-0.05, 0) is 5.56 Å². The lowest BCUT2D eigenvalue weighted by Gasteiger charge is -2.02. The summed E-state index contributed by atoms with van der Waals surface area (Å²) in [5, 5.41) is 0. The highest BCUT2D eigenvalue weighted by atomic mass is 127. The van der Waals surface area contributed by atoms with Crippen LogP contribution >= 0.6 is 22.9 Å². The molecule has 0 aliphatic rings. The third-order valence-corrected chi connectivity index (χ3v) is 1.98. The first-order valence-corrected chi connectivity index (χ1v) is 4.98. The third kappa shape index (κ3) is 4.12. The van der Waals surface area contributed by atoms with Gasteiger partial charge in [-0.2, -0.15) is 0 Å². The summed E-state index contributed by atoms with van der Waals surface area (Å²) in [5.41, 5.74) is 1.17. The second-order valence-electron chi connectivity index (χ2n) is 2.47. The highest BCUT2D eigenvalue weighted by molar-refractivity contribution is 14.1. The molecule has 0 aromatic heterocycles. The van der Waals surface area contributed by atoms with Crippen LogP contribution in [0.5, 0.6) is 0 Å². The predicted molar refractivity (Wildman–Crippen MR) is 58.6 cm³/mol. The Morgan fingerprint density at radius 2 is 2.08 bits per heavy atom. The molecule has 0 spiro atoms. The van der Waals surface area contributed by atoms with E-state index in [0.29, 0.717) is 6.61 Å². The van der Waals surface area contributed by atoms with E-state index < -0.39 is 6.09 Å². The minimum atomic E-state index is -0.392. The van der Waals surface area contributed by atoms with Crippen molar-refractivity contribution < 1.29 is 9.53 Å². The van der Waals surface area contributed by atoms with Crippen LogP contribution in [-0.2, 0) is 11.2 Å². The first-order valence-electron chi connectivity index (χ1n) is 3.90. The lowest BCUT2D eigenvalue weighted by molar-refractivity contribution is 0.156. The topological polar surface area (TPSA) is 38.3 Å². The molecule has 1 aromatic carbocycles. The number of hydrogen-bond donors (Lipinski definition) is 1. The van der Waals surface area contributed by atoms with Gasteiger partial charge in [0.05, 0.1) is 29.5 Å². The van der Waals surface area contributed by atoms with Gasteiger partial charge in [0.15, 0.2) is 0 Å². The molecule has 4 heteroatoms. The molecule has 70 valence electrons. The van der Waals surface area contributed by atoms with Gasteiger partial charge in [0, 0.05) is 6.42 Å². The maximum Gasteiger partial charge on any atom is 0.415 e. The molecule has 0 saturated carbocycles. The zero-order chi connectivity index (χ0) is 9.52. The summed E-state index contributed by atoms with van der Waals surface area (Å²) in [6, 6.07) is 9.90. The van der Waals surface area contributed by atoms with E-state index in [1.54, 1.807) is 22.9 Å².